The quantitative estimate of drug-likeness (QED) is 0.761. The van der Waals surface area contributed by atoms with E-state index in [1.807, 2.05) is 12.1 Å². The summed E-state index contributed by atoms with van der Waals surface area (Å²) in [7, 11) is 0. The molecule has 0 unspecified atom stereocenters. The molecule has 4 N–H and O–H groups in total. The molecule has 3 heterocycles. The van der Waals surface area contributed by atoms with Crippen LogP contribution in [0, 0.1) is 0 Å². The number of fused-ring (bicyclic) bond motifs is 4. The van der Waals surface area contributed by atoms with Crippen LogP contribution in [-0.2, 0) is 5.54 Å². The Bertz CT molecular complexity index is 859. The number of nitrogens with zero attached hydrogens (tertiary/aromatic N) is 2. The molecule has 1 amide bonds. The van der Waals surface area contributed by atoms with Crippen LogP contribution in [0.1, 0.15) is 68.3 Å². The maximum Gasteiger partial charge on any atom is 0.268 e. The Labute approximate surface area is 159 Å². The molecule has 2 aromatic rings. The highest BCUT2D eigenvalue weighted by molar-refractivity contribution is 5.99. The Balaban J connectivity index is 1.53. The van der Waals surface area contributed by atoms with Gasteiger partial charge in [-0.3, -0.25) is 4.79 Å². The summed E-state index contributed by atoms with van der Waals surface area (Å²) in [6.07, 6.45) is 10.3. The number of carbonyl (C=O) groups excluding carboxylic acids is 1. The molecule has 0 radical (unpaired) electrons. The van der Waals surface area contributed by atoms with Crippen LogP contribution >= 0.6 is 0 Å². The number of nitrogens with two attached hydrogens (primary N) is 1. The largest absolute Gasteiger partial charge is 0.367 e. The average Bonchev–Trinajstić information content (AvgIpc) is 3.08. The number of amides is 1. The van der Waals surface area contributed by atoms with E-state index in [-0.39, 0.29) is 11.4 Å². The standard InChI is InChI=1S/C21H29N5O/c22-15-5-7-16(8-6-15)24-18-9-4-14-12-17-20(27)23-13-21(10-2-1-3-11-21)26(17)19(14)25-18/h4,9,12,15-16H,1-3,5-8,10-11,13,22H2,(H,23,27)(H,24,25)/t15-,16-. The molecule has 144 valence electrons. The van der Waals surface area contributed by atoms with Gasteiger partial charge < -0.3 is 20.9 Å². The summed E-state index contributed by atoms with van der Waals surface area (Å²) in [5.41, 5.74) is 7.75. The Morgan fingerprint density at radius 1 is 1.15 bits per heavy atom. The monoisotopic (exact) mass is 367 g/mol. The zero-order valence-electron chi connectivity index (χ0n) is 15.8. The second kappa shape index (κ2) is 6.51. The van der Waals surface area contributed by atoms with E-state index in [9.17, 15) is 4.79 Å². The molecule has 0 atom stereocenters. The van der Waals surface area contributed by atoms with E-state index in [0.717, 1.165) is 67.6 Å². The number of hydrogen-bond acceptors (Lipinski definition) is 4. The summed E-state index contributed by atoms with van der Waals surface area (Å²) < 4.78 is 2.27. The van der Waals surface area contributed by atoms with E-state index in [1.54, 1.807) is 0 Å². The second-order valence-electron chi connectivity index (χ2n) is 8.70. The zero-order chi connectivity index (χ0) is 18.4. The predicted molar refractivity (Wildman–Crippen MR) is 107 cm³/mol. The van der Waals surface area contributed by atoms with Gasteiger partial charge in [0.25, 0.3) is 5.91 Å². The first-order valence-corrected chi connectivity index (χ1v) is 10.5. The van der Waals surface area contributed by atoms with Crippen molar-refractivity contribution in [3.63, 3.8) is 0 Å². The van der Waals surface area contributed by atoms with Crippen molar-refractivity contribution < 1.29 is 4.79 Å². The van der Waals surface area contributed by atoms with Gasteiger partial charge in [0, 0.05) is 24.0 Å². The molecule has 5 rings (SSSR count). The van der Waals surface area contributed by atoms with Crippen LogP contribution in [0.2, 0.25) is 0 Å². The molecule has 27 heavy (non-hydrogen) atoms. The van der Waals surface area contributed by atoms with Crippen LogP contribution in [0.4, 0.5) is 5.82 Å². The van der Waals surface area contributed by atoms with Gasteiger partial charge in [0.2, 0.25) is 0 Å². The first-order valence-electron chi connectivity index (χ1n) is 10.5. The zero-order valence-corrected chi connectivity index (χ0v) is 15.8. The number of hydrogen-bond donors (Lipinski definition) is 3. The maximum atomic E-state index is 12.5. The first kappa shape index (κ1) is 17.0. The van der Waals surface area contributed by atoms with E-state index in [0.29, 0.717) is 12.1 Å². The van der Waals surface area contributed by atoms with Gasteiger partial charge in [-0.15, -0.1) is 0 Å². The van der Waals surface area contributed by atoms with Crippen molar-refractivity contribution in [2.24, 2.45) is 5.73 Å². The molecule has 3 aliphatic rings. The summed E-state index contributed by atoms with van der Waals surface area (Å²) in [4.78, 5) is 17.5. The van der Waals surface area contributed by atoms with Crippen LogP contribution in [0.3, 0.4) is 0 Å². The molecule has 2 aromatic heterocycles. The van der Waals surface area contributed by atoms with E-state index in [2.05, 4.69) is 21.3 Å². The molecule has 0 aromatic carbocycles. The Morgan fingerprint density at radius 3 is 2.70 bits per heavy atom. The van der Waals surface area contributed by atoms with E-state index < -0.39 is 0 Å². The lowest BCUT2D eigenvalue weighted by Crippen LogP contribution is -2.52. The minimum absolute atomic E-state index is 0.00746. The molecule has 6 nitrogen and oxygen atoms in total. The smallest absolute Gasteiger partial charge is 0.268 e. The topological polar surface area (TPSA) is 85.0 Å². The number of nitrogens with one attached hydrogen (secondary N) is 2. The number of aromatic nitrogens is 2. The lowest BCUT2D eigenvalue weighted by atomic mass is 9.80. The van der Waals surface area contributed by atoms with E-state index in [4.69, 9.17) is 10.7 Å². The van der Waals surface area contributed by atoms with Gasteiger partial charge in [-0.2, -0.15) is 0 Å². The van der Waals surface area contributed by atoms with Crippen LogP contribution in [0.25, 0.3) is 11.0 Å². The predicted octanol–water partition coefficient (Wildman–Crippen LogP) is 3.12. The Kier molecular flexibility index (Phi) is 4.11. The SMILES string of the molecule is N[C@H]1CC[C@H](Nc2ccc3cc4n(c3n2)C2(CCCCC2)CNC4=O)CC1. The number of rotatable bonds is 2. The highest BCUT2D eigenvalue weighted by Crippen LogP contribution is 2.40. The van der Waals surface area contributed by atoms with Crippen LogP contribution in [-0.4, -0.2) is 34.1 Å². The molecule has 0 bridgehead atoms. The molecule has 2 saturated carbocycles. The number of anilines is 1. The normalized spacial score (nSPS) is 27.4. The lowest BCUT2D eigenvalue weighted by Gasteiger charge is -2.43. The highest BCUT2D eigenvalue weighted by atomic mass is 16.2. The third kappa shape index (κ3) is 2.90. The fourth-order valence-electron chi connectivity index (χ4n) is 5.30. The molecule has 2 aliphatic carbocycles. The minimum Gasteiger partial charge on any atom is -0.367 e. The molecule has 0 saturated heterocycles. The van der Waals surface area contributed by atoms with Gasteiger partial charge in [0.05, 0.1) is 5.54 Å². The highest BCUT2D eigenvalue weighted by Gasteiger charge is 2.41. The number of carbonyl (C=O) groups is 1. The van der Waals surface area contributed by atoms with Gasteiger partial charge in [-0.1, -0.05) is 19.3 Å². The van der Waals surface area contributed by atoms with Crippen molar-refractivity contribution in [2.45, 2.75) is 75.4 Å². The lowest BCUT2D eigenvalue weighted by molar-refractivity contribution is 0.0833. The van der Waals surface area contributed by atoms with Crippen LogP contribution in [0.5, 0.6) is 0 Å². The fourth-order valence-corrected chi connectivity index (χ4v) is 5.30. The van der Waals surface area contributed by atoms with Gasteiger partial charge in [0.15, 0.2) is 0 Å². The third-order valence-corrected chi connectivity index (χ3v) is 6.84. The first-order chi connectivity index (χ1) is 13.1. The molecule has 2 fully saturated rings. The summed E-state index contributed by atoms with van der Waals surface area (Å²) in [5, 5.41) is 7.80. The molecule has 1 aliphatic heterocycles. The van der Waals surface area contributed by atoms with E-state index >= 15 is 0 Å². The summed E-state index contributed by atoms with van der Waals surface area (Å²) in [6, 6.07) is 6.96. The third-order valence-electron chi connectivity index (χ3n) is 6.84. The summed E-state index contributed by atoms with van der Waals surface area (Å²) in [6.45, 7) is 0.725. The maximum absolute atomic E-state index is 12.5. The Hall–Kier alpha value is -2.08. The van der Waals surface area contributed by atoms with Crippen molar-refractivity contribution in [2.75, 3.05) is 11.9 Å². The molecular formula is C21H29N5O. The van der Waals surface area contributed by atoms with Crippen molar-refractivity contribution >= 4 is 22.8 Å². The summed E-state index contributed by atoms with van der Waals surface area (Å²) >= 11 is 0. The van der Waals surface area contributed by atoms with Crippen molar-refractivity contribution in [1.82, 2.24) is 14.9 Å². The van der Waals surface area contributed by atoms with Crippen molar-refractivity contribution in [1.29, 1.82) is 0 Å². The molecule has 1 spiro atoms. The van der Waals surface area contributed by atoms with Crippen molar-refractivity contribution in [3.05, 3.63) is 23.9 Å². The summed E-state index contributed by atoms with van der Waals surface area (Å²) in [5.74, 6) is 0.945. The van der Waals surface area contributed by atoms with Gasteiger partial charge in [-0.05, 0) is 56.7 Å². The second-order valence-corrected chi connectivity index (χ2v) is 8.70. The van der Waals surface area contributed by atoms with Crippen LogP contribution in [0.15, 0.2) is 18.2 Å². The van der Waals surface area contributed by atoms with E-state index in [1.165, 1.54) is 19.3 Å². The molecule has 6 heteroatoms. The van der Waals surface area contributed by atoms with Crippen LogP contribution < -0.4 is 16.4 Å². The fraction of sp³-hybridized carbons (Fsp3) is 0.619. The van der Waals surface area contributed by atoms with Gasteiger partial charge in [0.1, 0.15) is 17.2 Å². The number of pyridine rings is 1. The average molecular weight is 367 g/mol. The minimum atomic E-state index is -0.00746. The Morgan fingerprint density at radius 2 is 1.93 bits per heavy atom. The van der Waals surface area contributed by atoms with Gasteiger partial charge in [-0.25, -0.2) is 4.98 Å². The van der Waals surface area contributed by atoms with Crippen molar-refractivity contribution in [3.8, 4) is 0 Å². The van der Waals surface area contributed by atoms with Gasteiger partial charge >= 0.3 is 0 Å². The molecular weight excluding hydrogens is 338 g/mol.